The van der Waals surface area contributed by atoms with Gasteiger partial charge >= 0.3 is 7.75 Å². The molecule has 4 rings (SSSR count). The summed E-state index contributed by atoms with van der Waals surface area (Å²) in [6, 6.07) is 0. The second-order valence-corrected chi connectivity index (χ2v) is 8.07. The zero-order valence-electron chi connectivity index (χ0n) is 14.8. The van der Waals surface area contributed by atoms with Crippen LogP contribution < -0.4 is 11.2 Å². The Balaban J connectivity index is 1.38. The van der Waals surface area contributed by atoms with Crippen LogP contribution in [0.2, 0.25) is 0 Å². The fraction of sp³-hybridized carbons (Fsp3) is 0.438. The molecule has 0 spiro atoms. The van der Waals surface area contributed by atoms with Gasteiger partial charge in [0.25, 0.3) is 0 Å². The highest BCUT2D eigenvalue weighted by Gasteiger charge is 2.40. The third kappa shape index (κ3) is 3.98. The van der Waals surface area contributed by atoms with Crippen molar-refractivity contribution in [2.75, 3.05) is 12.3 Å². The summed E-state index contributed by atoms with van der Waals surface area (Å²) in [6.45, 7) is -0.162. The summed E-state index contributed by atoms with van der Waals surface area (Å²) < 4.78 is 44.6. The summed E-state index contributed by atoms with van der Waals surface area (Å²) in [5.74, 6) is 0.183. The molecule has 1 aliphatic heterocycles. The molecular weight excluding hydrogens is 390 g/mol. The molecule has 28 heavy (non-hydrogen) atoms. The zero-order valence-corrected chi connectivity index (χ0v) is 15.7. The SMILES string of the molecule is Nc1ncnn2c(C3OC(COP(N)(=O)OC4C=CC=CC4)CC3F)cnc12. The lowest BCUT2D eigenvalue weighted by atomic mass is 10.1. The molecule has 0 amide bonds. The Hall–Kier alpha value is -2.17. The van der Waals surface area contributed by atoms with Gasteiger partial charge in [-0.2, -0.15) is 5.10 Å². The van der Waals surface area contributed by atoms with E-state index in [0.717, 1.165) is 0 Å². The number of aromatic nitrogens is 4. The molecule has 1 saturated heterocycles. The Morgan fingerprint density at radius 2 is 2.25 bits per heavy atom. The van der Waals surface area contributed by atoms with E-state index in [0.29, 0.717) is 17.8 Å². The molecule has 0 radical (unpaired) electrons. The Morgan fingerprint density at radius 1 is 1.39 bits per heavy atom. The van der Waals surface area contributed by atoms with Crippen LogP contribution in [0.25, 0.3) is 5.65 Å². The van der Waals surface area contributed by atoms with Gasteiger partial charge in [0.1, 0.15) is 18.6 Å². The summed E-state index contributed by atoms with van der Waals surface area (Å²) >= 11 is 0. The van der Waals surface area contributed by atoms with E-state index in [4.69, 9.17) is 25.0 Å². The number of fused-ring (bicyclic) bond motifs is 1. The van der Waals surface area contributed by atoms with Gasteiger partial charge in [-0.05, 0) is 6.42 Å². The van der Waals surface area contributed by atoms with Crippen molar-refractivity contribution in [3.8, 4) is 0 Å². The summed E-state index contributed by atoms with van der Waals surface area (Å²) in [5.41, 5.74) is 12.1. The topological polar surface area (TPSA) is 140 Å². The number of hydrogen-bond donors (Lipinski definition) is 2. The van der Waals surface area contributed by atoms with E-state index in [1.54, 1.807) is 12.2 Å². The smallest absolute Gasteiger partial charge is 0.381 e. The van der Waals surface area contributed by atoms with E-state index in [9.17, 15) is 8.96 Å². The second kappa shape index (κ2) is 7.69. The standard InChI is InChI=1S/C16H20FN6O4P/c17-12-6-11(8-25-28(19,24)27-10-4-2-1-3-5-10)26-14(12)13-7-20-16-15(18)21-9-22-23(13)16/h1-4,7,9-12,14H,5-6,8H2,(H2,19,24)(H2,18,21,22). The lowest BCUT2D eigenvalue weighted by Gasteiger charge is -2.21. The predicted molar refractivity (Wildman–Crippen MR) is 97.8 cm³/mol. The number of allylic oxidation sites excluding steroid dienone is 2. The first-order valence-electron chi connectivity index (χ1n) is 8.71. The summed E-state index contributed by atoms with van der Waals surface area (Å²) in [6.07, 6.45) is 7.23. The van der Waals surface area contributed by atoms with Gasteiger partial charge in [0, 0.05) is 6.42 Å². The number of nitrogens with zero attached hydrogens (tertiary/aromatic N) is 4. The van der Waals surface area contributed by atoms with E-state index >= 15 is 0 Å². The molecule has 0 bridgehead atoms. The van der Waals surface area contributed by atoms with Gasteiger partial charge in [-0.25, -0.2) is 28.9 Å². The van der Waals surface area contributed by atoms with E-state index in [2.05, 4.69) is 15.1 Å². The lowest BCUT2D eigenvalue weighted by molar-refractivity contribution is -0.000885. The van der Waals surface area contributed by atoms with Gasteiger partial charge in [-0.15, -0.1) is 0 Å². The molecule has 12 heteroatoms. The van der Waals surface area contributed by atoms with Gasteiger partial charge in [0.2, 0.25) is 0 Å². The van der Waals surface area contributed by atoms with Crippen molar-refractivity contribution in [3.05, 3.63) is 42.5 Å². The van der Waals surface area contributed by atoms with Crippen molar-refractivity contribution in [2.45, 2.75) is 37.3 Å². The van der Waals surface area contributed by atoms with Gasteiger partial charge < -0.3 is 10.5 Å². The van der Waals surface area contributed by atoms with Crippen LogP contribution in [0.4, 0.5) is 10.2 Å². The van der Waals surface area contributed by atoms with Gasteiger partial charge in [-0.3, -0.25) is 9.05 Å². The third-order valence-electron chi connectivity index (χ3n) is 4.47. The number of hydrogen-bond acceptors (Lipinski definition) is 8. The zero-order chi connectivity index (χ0) is 19.7. The predicted octanol–water partition coefficient (Wildman–Crippen LogP) is 1.86. The van der Waals surface area contributed by atoms with Crippen molar-refractivity contribution in [1.29, 1.82) is 0 Å². The normalized spacial score (nSPS) is 29.4. The van der Waals surface area contributed by atoms with Crippen molar-refractivity contribution in [3.63, 3.8) is 0 Å². The Labute approximate surface area is 160 Å². The third-order valence-corrected chi connectivity index (χ3v) is 5.54. The molecule has 4 N–H and O–H groups in total. The molecule has 150 valence electrons. The Kier molecular flexibility index (Phi) is 5.26. The molecule has 1 aliphatic carbocycles. The second-order valence-electron chi connectivity index (χ2n) is 6.52. The first-order valence-corrected chi connectivity index (χ1v) is 10.3. The minimum atomic E-state index is -3.80. The fourth-order valence-electron chi connectivity index (χ4n) is 3.17. The average Bonchev–Trinajstić information content (AvgIpc) is 3.25. The monoisotopic (exact) mass is 410 g/mol. The highest BCUT2D eigenvalue weighted by Crippen LogP contribution is 2.44. The molecule has 5 atom stereocenters. The number of halogens is 1. The molecule has 0 saturated carbocycles. The highest BCUT2D eigenvalue weighted by atomic mass is 31.2. The van der Waals surface area contributed by atoms with E-state index in [1.165, 1.54) is 17.0 Å². The molecule has 5 unspecified atom stereocenters. The minimum absolute atomic E-state index is 0.0462. The van der Waals surface area contributed by atoms with Gasteiger partial charge in [0.05, 0.1) is 30.7 Å². The van der Waals surface area contributed by atoms with Crippen LogP contribution in [0.3, 0.4) is 0 Å². The maximum absolute atomic E-state index is 14.6. The highest BCUT2D eigenvalue weighted by molar-refractivity contribution is 7.51. The molecule has 10 nitrogen and oxygen atoms in total. The summed E-state index contributed by atoms with van der Waals surface area (Å²) in [4.78, 5) is 7.96. The quantitative estimate of drug-likeness (QED) is 0.683. The maximum atomic E-state index is 14.6. The van der Waals surface area contributed by atoms with Crippen LogP contribution >= 0.6 is 7.75 Å². The maximum Gasteiger partial charge on any atom is 0.403 e. The van der Waals surface area contributed by atoms with Crippen molar-refractivity contribution >= 4 is 19.2 Å². The van der Waals surface area contributed by atoms with Crippen LogP contribution in [-0.2, 0) is 18.3 Å². The summed E-state index contributed by atoms with van der Waals surface area (Å²) in [7, 11) is -3.80. The van der Waals surface area contributed by atoms with Crippen LogP contribution in [0.5, 0.6) is 0 Å². The minimum Gasteiger partial charge on any atom is -0.381 e. The van der Waals surface area contributed by atoms with Gasteiger partial charge in [0.15, 0.2) is 11.5 Å². The van der Waals surface area contributed by atoms with Crippen molar-refractivity contribution in [2.24, 2.45) is 5.50 Å². The van der Waals surface area contributed by atoms with Crippen LogP contribution in [0, 0.1) is 0 Å². The van der Waals surface area contributed by atoms with E-state index in [-0.39, 0.29) is 18.8 Å². The number of nitrogens with two attached hydrogens (primary N) is 2. The number of alkyl halides is 1. The Morgan fingerprint density at radius 3 is 3.04 bits per heavy atom. The molecule has 1 fully saturated rings. The molecular formula is C16H20FN6O4P. The van der Waals surface area contributed by atoms with Crippen molar-refractivity contribution < 1.29 is 22.7 Å². The molecule has 2 aliphatic rings. The number of anilines is 1. The van der Waals surface area contributed by atoms with Crippen LogP contribution in [-0.4, -0.2) is 44.6 Å². The Bertz CT molecular complexity index is 966. The number of imidazole rings is 1. The lowest BCUT2D eigenvalue weighted by Crippen LogP contribution is -2.19. The average molecular weight is 410 g/mol. The first-order chi connectivity index (χ1) is 13.4. The number of nitrogen functional groups attached to an aromatic ring is 1. The number of rotatable bonds is 6. The van der Waals surface area contributed by atoms with Crippen LogP contribution in [0.1, 0.15) is 24.6 Å². The molecule has 0 aromatic carbocycles. The first kappa shape index (κ1) is 19.2. The number of ether oxygens (including phenoxy) is 1. The largest absolute Gasteiger partial charge is 0.403 e. The molecule has 2 aromatic heterocycles. The summed E-state index contributed by atoms with van der Waals surface area (Å²) in [5, 5.41) is 4.05. The van der Waals surface area contributed by atoms with Crippen molar-refractivity contribution in [1.82, 2.24) is 19.6 Å². The molecule has 2 aromatic rings. The molecule has 3 heterocycles. The van der Waals surface area contributed by atoms with E-state index in [1.807, 2.05) is 12.2 Å². The fourth-order valence-corrected chi connectivity index (χ4v) is 4.14. The van der Waals surface area contributed by atoms with E-state index < -0.39 is 32.2 Å². The van der Waals surface area contributed by atoms with Gasteiger partial charge in [-0.1, -0.05) is 24.3 Å². The van der Waals surface area contributed by atoms with Crippen LogP contribution in [0.15, 0.2) is 36.8 Å².